The Bertz CT molecular complexity index is 547. The van der Waals surface area contributed by atoms with Crippen LogP contribution in [0.25, 0.3) is 0 Å². The fourth-order valence-electron chi connectivity index (χ4n) is 1.46. The summed E-state index contributed by atoms with van der Waals surface area (Å²) in [4.78, 5) is -0.115. The van der Waals surface area contributed by atoms with Gasteiger partial charge >= 0.3 is 0 Å². The molecule has 0 saturated carbocycles. The van der Waals surface area contributed by atoms with Crippen LogP contribution < -0.4 is 9.46 Å². The predicted molar refractivity (Wildman–Crippen MR) is 72.2 cm³/mol. The molecule has 4 nitrogen and oxygen atoms in total. The Morgan fingerprint density at radius 3 is 2.26 bits per heavy atom. The zero-order valence-corrected chi connectivity index (χ0v) is 12.6. The maximum Gasteiger partial charge on any atom is 0.241 e. The van der Waals surface area contributed by atoms with Crippen molar-refractivity contribution >= 4 is 10.0 Å². The second-order valence-corrected chi connectivity index (χ2v) is 7.30. The van der Waals surface area contributed by atoms with E-state index in [1.807, 2.05) is 0 Å². The minimum atomic E-state index is -3.73. The standard InChI is InChI=1S/C13H20FNO3S/c1-9(2)18-12-7-6-10(8-11(12)14)19(16,17)15-13(3,4)5/h6-9,15H,1-5H3. The third-order valence-corrected chi connectivity index (χ3v) is 3.77. The van der Waals surface area contributed by atoms with Gasteiger partial charge in [-0.3, -0.25) is 0 Å². The van der Waals surface area contributed by atoms with E-state index in [9.17, 15) is 12.8 Å². The molecule has 0 radical (unpaired) electrons. The lowest BCUT2D eigenvalue weighted by molar-refractivity contribution is 0.231. The van der Waals surface area contributed by atoms with E-state index >= 15 is 0 Å². The van der Waals surface area contributed by atoms with E-state index in [0.717, 1.165) is 6.07 Å². The normalized spacial score (nSPS) is 12.8. The molecule has 1 aromatic rings. The van der Waals surface area contributed by atoms with Crippen LogP contribution in [0.1, 0.15) is 34.6 Å². The molecule has 0 unspecified atom stereocenters. The molecule has 6 heteroatoms. The number of halogens is 1. The van der Waals surface area contributed by atoms with E-state index in [4.69, 9.17) is 4.74 Å². The van der Waals surface area contributed by atoms with Gasteiger partial charge in [-0.05, 0) is 52.8 Å². The monoisotopic (exact) mass is 289 g/mol. The van der Waals surface area contributed by atoms with Crippen LogP contribution in [0, 0.1) is 5.82 Å². The molecule has 1 aromatic carbocycles. The van der Waals surface area contributed by atoms with Crippen LogP contribution in [-0.4, -0.2) is 20.1 Å². The van der Waals surface area contributed by atoms with Gasteiger partial charge < -0.3 is 4.74 Å². The first-order valence-electron chi connectivity index (χ1n) is 6.01. The van der Waals surface area contributed by atoms with Crippen molar-refractivity contribution < 1.29 is 17.5 Å². The van der Waals surface area contributed by atoms with Crippen molar-refractivity contribution in [3.05, 3.63) is 24.0 Å². The molecule has 1 N–H and O–H groups in total. The summed E-state index contributed by atoms with van der Waals surface area (Å²) >= 11 is 0. The topological polar surface area (TPSA) is 55.4 Å². The first-order chi connectivity index (χ1) is 8.51. The molecular formula is C13H20FNO3S. The molecule has 108 valence electrons. The Balaban J connectivity index is 3.07. The summed E-state index contributed by atoms with van der Waals surface area (Å²) in [6.45, 7) is 8.70. The Morgan fingerprint density at radius 2 is 1.84 bits per heavy atom. The van der Waals surface area contributed by atoms with Crippen molar-refractivity contribution in [3.8, 4) is 5.75 Å². The highest BCUT2D eigenvalue weighted by molar-refractivity contribution is 7.89. The van der Waals surface area contributed by atoms with Crippen molar-refractivity contribution in [2.24, 2.45) is 0 Å². The summed E-state index contributed by atoms with van der Waals surface area (Å²) in [5.74, 6) is -0.643. The molecule has 0 aliphatic heterocycles. The van der Waals surface area contributed by atoms with Crippen LogP contribution in [0.4, 0.5) is 4.39 Å². The van der Waals surface area contributed by atoms with E-state index in [-0.39, 0.29) is 16.7 Å². The molecule has 0 saturated heterocycles. The molecule has 0 aliphatic carbocycles. The summed E-state index contributed by atoms with van der Waals surface area (Å²) in [6, 6.07) is 3.62. The summed E-state index contributed by atoms with van der Waals surface area (Å²) in [6.07, 6.45) is -0.176. The van der Waals surface area contributed by atoms with Gasteiger partial charge in [0.1, 0.15) is 0 Å². The molecule has 0 aliphatic rings. The summed E-state index contributed by atoms with van der Waals surface area (Å²) in [5, 5.41) is 0. The Kier molecular flexibility index (Phi) is 4.58. The van der Waals surface area contributed by atoms with Crippen LogP contribution >= 0.6 is 0 Å². The number of hydrogen-bond donors (Lipinski definition) is 1. The van der Waals surface area contributed by atoms with Crippen molar-refractivity contribution in [2.75, 3.05) is 0 Å². The van der Waals surface area contributed by atoms with E-state index in [1.54, 1.807) is 34.6 Å². The maximum atomic E-state index is 13.8. The number of hydrogen-bond acceptors (Lipinski definition) is 3. The van der Waals surface area contributed by atoms with Crippen molar-refractivity contribution in [3.63, 3.8) is 0 Å². The number of benzene rings is 1. The van der Waals surface area contributed by atoms with Gasteiger partial charge in [-0.2, -0.15) is 0 Å². The van der Waals surface area contributed by atoms with E-state index in [2.05, 4.69) is 4.72 Å². The van der Waals surface area contributed by atoms with Crippen LogP contribution in [0.15, 0.2) is 23.1 Å². The van der Waals surface area contributed by atoms with E-state index in [0.29, 0.717) is 0 Å². The lowest BCUT2D eigenvalue weighted by Gasteiger charge is -2.20. The molecule has 0 amide bonds. The van der Waals surface area contributed by atoms with E-state index < -0.39 is 21.4 Å². The number of sulfonamides is 1. The maximum absolute atomic E-state index is 13.8. The third kappa shape index (κ3) is 4.80. The van der Waals surface area contributed by atoms with Crippen molar-refractivity contribution in [1.82, 2.24) is 4.72 Å². The van der Waals surface area contributed by atoms with Gasteiger partial charge in [0.25, 0.3) is 0 Å². The van der Waals surface area contributed by atoms with Gasteiger partial charge in [0.05, 0.1) is 11.0 Å². The fraction of sp³-hybridized carbons (Fsp3) is 0.538. The highest BCUT2D eigenvalue weighted by Crippen LogP contribution is 2.22. The molecule has 1 rings (SSSR count). The number of nitrogens with one attached hydrogen (secondary N) is 1. The second-order valence-electron chi connectivity index (χ2n) is 5.61. The smallest absolute Gasteiger partial charge is 0.241 e. The Labute approximate surface area is 114 Å². The van der Waals surface area contributed by atoms with Crippen LogP contribution in [-0.2, 0) is 10.0 Å². The van der Waals surface area contributed by atoms with Gasteiger partial charge in [-0.15, -0.1) is 0 Å². The highest BCUT2D eigenvalue weighted by Gasteiger charge is 2.23. The fourth-order valence-corrected chi connectivity index (χ4v) is 2.89. The lowest BCUT2D eigenvalue weighted by atomic mass is 10.1. The Morgan fingerprint density at radius 1 is 1.26 bits per heavy atom. The lowest BCUT2D eigenvalue weighted by Crippen LogP contribution is -2.40. The molecule has 0 fully saturated rings. The van der Waals surface area contributed by atoms with Gasteiger partial charge in [-0.1, -0.05) is 0 Å². The summed E-state index contributed by atoms with van der Waals surface area (Å²) in [7, 11) is -3.73. The van der Waals surface area contributed by atoms with Gasteiger partial charge in [0, 0.05) is 5.54 Å². The first kappa shape index (κ1) is 15.9. The van der Waals surface area contributed by atoms with Crippen LogP contribution in [0.3, 0.4) is 0 Å². The molecule has 0 aromatic heterocycles. The minimum absolute atomic E-state index is 0.0460. The van der Waals surface area contributed by atoms with Gasteiger partial charge in [0.2, 0.25) is 10.0 Å². The largest absolute Gasteiger partial charge is 0.488 e. The number of ether oxygens (including phenoxy) is 1. The van der Waals surface area contributed by atoms with E-state index in [1.165, 1.54) is 12.1 Å². The van der Waals surface area contributed by atoms with Crippen LogP contribution in [0.2, 0.25) is 0 Å². The summed E-state index contributed by atoms with van der Waals surface area (Å²) < 4.78 is 45.5. The summed E-state index contributed by atoms with van der Waals surface area (Å²) in [5.41, 5.74) is -0.623. The zero-order chi connectivity index (χ0) is 14.8. The zero-order valence-electron chi connectivity index (χ0n) is 11.8. The average Bonchev–Trinajstić information content (AvgIpc) is 2.16. The van der Waals surface area contributed by atoms with Crippen molar-refractivity contribution in [1.29, 1.82) is 0 Å². The third-order valence-electron chi connectivity index (χ3n) is 2.02. The van der Waals surface area contributed by atoms with Crippen LogP contribution in [0.5, 0.6) is 5.75 Å². The van der Waals surface area contributed by atoms with Gasteiger partial charge in [0.15, 0.2) is 11.6 Å². The second kappa shape index (κ2) is 5.46. The molecule has 0 heterocycles. The Hall–Kier alpha value is -1.14. The number of rotatable bonds is 4. The average molecular weight is 289 g/mol. The predicted octanol–water partition coefficient (Wildman–Crippen LogP) is 2.69. The van der Waals surface area contributed by atoms with Gasteiger partial charge in [-0.25, -0.2) is 17.5 Å². The minimum Gasteiger partial charge on any atom is -0.488 e. The molecule has 0 atom stereocenters. The molecule has 0 spiro atoms. The quantitative estimate of drug-likeness (QED) is 0.927. The SMILES string of the molecule is CC(C)Oc1ccc(S(=O)(=O)NC(C)(C)C)cc1F. The molecule has 19 heavy (non-hydrogen) atoms. The molecular weight excluding hydrogens is 269 g/mol. The van der Waals surface area contributed by atoms with Crippen molar-refractivity contribution in [2.45, 2.75) is 51.2 Å². The molecule has 0 bridgehead atoms. The first-order valence-corrected chi connectivity index (χ1v) is 7.50. The highest BCUT2D eigenvalue weighted by atomic mass is 32.2.